The smallest absolute Gasteiger partial charge is 0.328 e. The quantitative estimate of drug-likeness (QED) is 0.153. The first-order valence-corrected chi connectivity index (χ1v) is 13.7. The van der Waals surface area contributed by atoms with Crippen LogP contribution in [0.2, 0.25) is 5.02 Å². The van der Waals surface area contributed by atoms with Crippen LogP contribution in [0.5, 0.6) is 5.75 Å². The molecule has 0 bridgehead atoms. The Bertz CT molecular complexity index is 1840. The molecule has 1 atom stereocenters. The van der Waals surface area contributed by atoms with E-state index in [-0.39, 0.29) is 35.0 Å². The topological polar surface area (TPSA) is 145 Å². The van der Waals surface area contributed by atoms with Crippen molar-refractivity contribution in [1.29, 1.82) is 0 Å². The van der Waals surface area contributed by atoms with Gasteiger partial charge in [0.15, 0.2) is 0 Å². The number of carboxylic acids is 1. The third-order valence-electron chi connectivity index (χ3n) is 6.91. The van der Waals surface area contributed by atoms with Crippen LogP contribution in [0.3, 0.4) is 0 Å². The summed E-state index contributed by atoms with van der Waals surface area (Å²) in [5.74, 6) is -2.99. The second-order valence-corrected chi connectivity index (χ2v) is 10.2. The number of aromatic hydroxyl groups is 1. The van der Waals surface area contributed by atoms with E-state index in [1.165, 1.54) is 30.3 Å². The van der Waals surface area contributed by atoms with Crippen LogP contribution in [0.15, 0.2) is 97.1 Å². The van der Waals surface area contributed by atoms with E-state index in [0.717, 1.165) is 10.8 Å². The highest BCUT2D eigenvalue weighted by Crippen LogP contribution is 2.28. The zero-order valence-electron chi connectivity index (χ0n) is 22.6. The number of benzene rings is 5. The van der Waals surface area contributed by atoms with Crippen molar-refractivity contribution in [3.8, 4) is 5.75 Å². The predicted molar refractivity (Wildman–Crippen MR) is 163 cm³/mol. The summed E-state index contributed by atoms with van der Waals surface area (Å²) in [6.45, 7) is -0.224. The van der Waals surface area contributed by atoms with E-state index < -0.39 is 29.7 Å². The SMILES string of the molecule is O=C(NCc1cccc(O)c1)c1ccc(C(=O)N[C@@H](CNC(=O)c2c3ccccc3cc3ccccc23)C(=O)O)c(Cl)c1. The van der Waals surface area contributed by atoms with Crippen molar-refractivity contribution >= 4 is 56.8 Å². The number of carbonyl (C=O) groups is 4. The molecule has 43 heavy (non-hydrogen) atoms. The Kier molecular flexibility index (Phi) is 8.54. The van der Waals surface area contributed by atoms with E-state index >= 15 is 0 Å². The molecule has 5 N–H and O–H groups in total. The lowest BCUT2D eigenvalue weighted by Crippen LogP contribution is -2.48. The number of carboxylic acid groups (broad SMARTS) is 1. The Morgan fingerprint density at radius 2 is 1.40 bits per heavy atom. The van der Waals surface area contributed by atoms with Gasteiger partial charge >= 0.3 is 5.97 Å². The van der Waals surface area contributed by atoms with Gasteiger partial charge in [-0.3, -0.25) is 14.4 Å². The van der Waals surface area contributed by atoms with Crippen molar-refractivity contribution in [3.05, 3.63) is 124 Å². The summed E-state index contributed by atoms with van der Waals surface area (Å²) < 4.78 is 0. The number of aliphatic carboxylic acids is 1. The number of amides is 3. The van der Waals surface area contributed by atoms with E-state index in [1.54, 1.807) is 12.1 Å². The first kappa shape index (κ1) is 29.1. The third-order valence-corrected chi connectivity index (χ3v) is 7.22. The lowest BCUT2D eigenvalue weighted by Gasteiger charge is -2.17. The first-order chi connectivity index (χ1) is 20.7. The fourth-order valence-electron chi connectivity index (χ4n) is 4.77. The van der Waals surface area contributed by atoms with E-state index in [2.05, 4.69) is 16.0 Å². The van der Waals surface area contributed by atoms with Gasteiger partial charge < -0.3 is 26.2 Å². The summed E-state index contributed by atoms with van der Waals surface area (Å²) in [5, 5.41) is 30.2. The molecule has 0 saturated heterocycles. The van der Waals surface area contributed by atoms with Crippen molar-refractivity contribution in [1.82, 2.24) is 16.0 Å². The fraction of sp³-hybridized carbons (Fsp3) is 0.0909. The molecule has 0 saturated carbocycles. The predicted octanol–water partition coefficient (Wildman–Crippen LogP) is 4.90. The van der Waals surface area contributed by atoms with Crippen molar-refractivity contribution in [2.45, 2.75) is 12.6 Å². The Labute approximate surface area is 251 Å². The molecule has 0 fully saturated rings. The number of fused-ring (bicyclic) bond motifs is 2. The van der Waals surface area contributed by atoms with E-state index in [9.17, 15) is 29.4 Å². The molecule has 5 aromatic rings. The lowest BCUT2D eigenvalue weighted by atomic mass is 9.96. The Balaban J connectivity index is 1.27. The highest BCUT2D eigenvalue weighted by molar-refractivity contribution is 6.34. The Morgan fingerprint density at radius 3 is 2.02 bits per heavy atom. The van der Waals surface area contributed by atoms with E-state index in [1.807, 2.05) is 54.6 Å². The summed E-state index contributed by atoms with van der Waals surface area (Å²) in [6.07, 6.45) is 0. The Morgan fingerprint density at radius 1 is 0.721 bits per heavy atom. The number of carbonyl (C=O) groups excluding carboxylic acids is 3. The molecule has 0 aliphatic carbocycles. The summed E-state index contributed by atoms with van der Waals surface area (Å²) >= 11 is 6.30. The number of rotatable bonds is 9. The number of hydrogen-bond acceptors (Lipinski definition) is 5. The number of halogens is 1. The van der Waals surface area contributed by atoms with Crippen molar-refractivity contribution in [2.75, 3.05) is 6.54 Å². The van der Waals surface area contributed by atoms with Crippen LogP contribution in [0.4, 0.5) is 0 Å². The number of phenols is 1. The molecule has 3 amide bonds. The van der Waals surface area contributed by atoms with E-state index in [0.29, 0.717) is 21.9 Å². The molecular weight excluding hydrogens is 570 g/mol. The Hall–Kier alpha value is -5.41. The molecule has 9 nitrogen and oxygen atoms in total. The first-order valence-electron chi connectivity index (χ1n) is 13.3. The summed E-state index contributed by atoms with van der Waals surface area (Å²) in [6, 6.07) is 25.8. The van der Waals surface area contributed by atoms with Gasteiger partial charge in [-0.25, -0.2) is 4.79 Å². The summed E-state index contributed by atoms with van der Waals surface area (Å²) in [4.78, 5) is 50.9. The lowest BCUT2D eigenvalue weighted by molar-refractivity contribution is -0.139. The molecule has 0 aliphatic heterocycles. The van der Waals surface area contributed by atoms with Crippen LogP contribution in [-0.4, -0.2) is 46.5 Å². The number of nitrogens with one attached hydrogen (secondary N) is 3. The zero-order chi connectivity index (χ0) is 30.5. The maximum absolute atomic E-state index is 13.4. The van der Waals surface area contributed by atoms with Gasteiger partial charge in [-0.05, 0) is 63.5 Å². The van der Waals surface area contributed by atoms with Gasteiger partial charge in [0.1, 0.15) is 11.8 Å². The molecule has 0 aliphatic rings. The minimum atomic E-state index is -1.46. The molecule has 10 heteroatoms. The molecular formula is C33H26ClN3O6. The molecule has 216 valence electrons. The highest BCUT2D eigenvalue weighted by atomic mass is 35.5. The van der Waals surface area contributed by atoms with Crippen molar-refractivity contribution in [2.24, 2.45) is 0 Å². The molecule has 0 spiro atoms. The molecule has 5 rings (SSSR count). The van der Waals surface area contributed by atoms with Crippen LogP contribution in [0.25, 0.3) is 21.5 Å². The fourth-order valence-corrected chi connectivity index (χ4v) is 5.04. The number of phenolic OH excluding ortho intramolecular Hbond substituents is 1. The van der Waals surface area contributed by atoms with Crippen LogP contribution in [0.1, 0.15) is 36.6 Å². The molecule has 0 aromatic heterocycles. The highest BCUT2D eigenvalue weighted by Gasteiger charge is 2.24. The summed E-state index contributed by atoms with van der Waals surface area (Å²) in [5.41, 5.74) is 1.25. The van der Waals surface area contributed by atoms with E-state index in [4.69, 9.17) is 11.6 Å². The molecule has 0 heterocycles. The van der Waals surface area contributed by atoms with Gasteiger partial charge in [0.2, 0.25) is 0 Å². The normalized spacial score (nSPS) is 11.6. The minimum absolute atomic E-state index is 0.0381. The molecule has 5 aromatic carbocycles. The average Bonchev–Trinajstić information content (AvgIpc) is 3.00. The average molecular weight is 596 g/mol. The van der Waals surface area contributed by atoms with Crippen molar-refractivity contribution < 1.29 is 29.4 Å². The van der Waals surface area contributed by atoms with Gasteiger partial charge in [0, 0.05) is 18.7 Å². The monoisotopic (exact) mass is 595 g/mol. The maximum Gasteiger partial charge on any atom is 0.328 e. The van der Waals surface area contributed by atoms with Crippen LogP contribution in [0, 0.1) is 0 Å². The van der Waals surface area contributed by atoms with Crippen LogP contribution in [-0.2, 0) is 11.3 Å². The van der Waals surface area contributed by atoms with Gasteiger partial charge in [-0.2, -0.15) is 0 Å². The number of hydrogen-bond donors (Lipinski definition) is 5. The standard InChI is InChI=1S/C33H26ClN3O6/c34-27-16-22(30(39)35-17-19-6-5-9-23(38)14-19)12-13-26(27)31(40)37-28(33(42)43)18-36-32(41)29-24-10-3-1-7-20(24)15-21-8-2-4-11-25(21)29/h1-16,28,38H,17-18H2,(H,35,39)(H,36,41)(H,37,40)(H,42,43)/t28-/m0/s1. The summed E-state index contributed by atoms with van der Waals surface area (Å²) in [7, 11) is 0. The molecule has 0 radical (unpaired) electrons. The van der Waals surface area contributed by atoms with Crippen LogP contribution < -0.4 is 16.0 Å². The zero-order valence-corrected chi connectivity index (χ0v) is 23.4. The van der Waals surface area contributed by atoms with Gasteiger partial charge in [-0.15, -0.1) is 0 Å². The third kappa shape index (κ3) is 6.58. The van der Waals surface area contributed by atoms with Crippen LogP contribution >= 0.6 is 11.6 Å². The van der Waals surface area contributed by atoms with Gasteiger partial charge in [0.25, 0.3) is 17.7 Å². The van der Waals surface area contributed by atoms with Gasteiger partial charge in [0.05, 0.1) is 16.1 Å². The van der Waals surface area contributed by atoms with Gasteiger partial charge in [-0.1, -0.05) is 72.3 Å². The maximum atomic E-state index is 13.4. The second-order valence-electron chi connectivity index (χ2n) is 9.82. The minimum Gasteiger partial charge on any atom is -0.508 e. The largest absolute Gasteiger partial charge is 0.508 e. The second kappa shape index (κ2) is 12.6. The van der Waals surface area contributed by atoms with Crippen molar-refractivity contribution in [3.63, 3.8) is 0 Å². The molecule has 0 unspecified atom stereocenters.